The van der Waals surface area contributed by atoms with Crippen molar-refractivity contribution in [1.29, 1.82) is 0 Å². The van der Waals surface area contributed by atoms with E-state index >= 15 is 0 Å². The SMILES string of the molecule is Cc1ccccc1C(=O)CC(c1ccccc1)c1c[nH]c2ccccc12. The number of carbonyl (C=O) groups is 1. The highest BCUT2D eigenvalue weighted by atomic mass is 16.1. The fraction of sp³-hybridized carbons (Fsp3) is 0.125. The molecule has 0 fully saturated rings. The van der Waals surface area contributed by atoms with E-state index in [1.165, 1.54) is 16.5 Å². The number of H-pyrrole nitrogens is 1. The third-order valence-corrected chi connectivity index (χ3v) is 5.03. The lowest BCUT2D eigenvalue weighted by Crippen LogP contribution is -2.10. The molecule has 0 amide bonds. The van der Waals surface area contributed by atoms with Crippen LogP contribution in [0.5, 0.6) is 0 Å². The van der Waals surface area contributed by atoms with Crippen molar-refractivity contribution in [2.24, 2.45) is 0 Å². The molecule has 128 valence electrons. The molecule has 0 saturated heterocycles. The molecule has 1 aromatic heterocycles. The lowest BCUT2D eigenvalue weighted by molar-refractivity contribution is 0.0977. The molecule has 3 aromatic carbocycles. The Balaban J connectivity index is 1.77. The van der Waals surface area contributed by atoms with Gasteiger partial charge in [0.25, 0.3) is 0 Å². The number of hydrogen-bond acceptors (Lipinski definition) is 1. The highest BCUT2D eigenvalue weighted by Crippen LogP contribution is 2.34. The average molecular weight is 339 g/mol. The minimum absolute atomic E-state index is 0.0273. The molecule has 0 saturated carbocycles. The molecule has 0 aliphatic carbocycles. The third-order valence-electron chi connectivity index (χ3n) is 5.03. The molecule has 0 aliphatic heterocycles. The summed E-state index contributed by atoms with van der Waals surface area (Å²) in [7, 11) is 0. The van der Waals surface area contributed by atoms with Gasteiger partial charge in [0.1, 0.15) is 0 Å². The number of nitrogens with one attached hydrogen (secondary N) is 1. The molecule has 0 spiro atoms. The first-order chi connectivity index (χ1) is 12.7. The second-order valence-corrected chi connectivity index (χ2v) is 6.70. The van der Waals surface area contributed by atoms with E-state index in [9.17, 15) is 4.79 Å². The van der Waals surface area contributed by atoms with Crippen molar-refractivity contribution in [3.8, 4) is 0 Å². The molecule has 1 unspecified atom stereocenters. The van der Waals surface area contributed by atoms with E-state index in [-0.39, 0.29) is 11.7 Å². The largest absolute Gasteiger partial charge is 0.361 e. The average Bonchev–Trinajstić information content (AvgIpc) is 3.11. The Morgan fingerprint density at radius 1 is 0.885 bits per heavy atom. The Hall–Kier alpha value is -3.13. The van der Waals surface area contributed by atoms with E-state index in [1.54, 1.807) is 0 Å². The lowest BCUT2D eigenvalue weighted by atomic mass is 9.85. The van der Waals surface area contributed by atoms with Gasteiger partial charge in [0.2, 0.25) is 0 Å². The normalized spacial score (nSPS) is 12.2. The van der Waals surface area contributed by atoms with Gasteiger partial charge in [0, 0.05) is 35.0 Å². The van der Waals surface area contributed by atoms with Crippen LogP contribution in [0.1, 0.15) is 39.4 Å². The summed E-state index contributed by atoms with van der Waals surface area (Å²) >= 11 is 0. The molecule has 4 aromatic rings. The molecule has 26 heavy (non-hydrogen) atoms. The van der Waals surface area contributed by atoms with Gasteiger partial charge < -0.3 is 4.98 Å². The fourth-order valence-electron chi connectivity index (χ4n) is 3.66. The molecule has 2 nitrogen and oxygen atoms in total. The zero-order chi connectivity index (χ0) is 17.9. The zero-order valence-corrected chi connectivity index (χ0v) is 14.8. The summed E-state index contributed by atoms with van der Waals surface area (Å²) in [6.07, 6.45) is 2.50. The van der Waals surface area contributed by atoms with Crippen LogP contribution < -0.4 is 0 Å². The van der Waals surface area contributed by atoms with E-state index in [1.807, 2.05) is 67.7 Å². The van der Waals surface area contributed by atoms with Gasteiger partial charge in [-0.3, -0.25) is 4.79 Å². The maximum Gasteiger partial charge on any atom is 0.164 e. The highest BCUT2D eigenvalue weighted by molar-refractivity contribution is 5.98. The number of aryl methyl sites for hydroxylation is 1. The highest BCUT2D eigenvalue weighted by Gasteiger charge is 2.22. The number of ketones is 1. The van der Waals surface area contributed by atoms with E-state index in [0.29, 0.717) is 6.42 Å². The van der Waals surface area contributed by atoms with Gasteiger partial charge in [0.15, 0.2) is 5.78 Å². The second-order valence-electron chi connectivity index (χ2n) is 6.70. The quantitative estimate of drug-likeness (QED) is 0.452. The fourth-order valence-corrected chi connectivity index (χ4v) is 3.66. The number of para-hydroxylation sites is 1. The zero-order valence-electron chi connectivity index (χ0n) is 14.8. The number of fused-ring (bicyclic) bond motifs is 1. The van der Waals surface area contributed by atoms with Crippen molar-refractivity contribution in [2.45, 2.75) is 19.3 Å². The molecule has 0 bridgehead atoms. The van der Waals surface area contributed by atoms with Crippen LogP contribution in [0, 0.1) is 6.92 Å². The Kier molecular flexibility index (Phi) is 4.40. The Morgan fingerprint density at radius 3 is 2.38 bits per heavy atom. The van der Waals surface area contributed by atoms with Crippen LogP contribution in [-0.4, -0.2) is 10.8 Å². The predicted molar refractivity (Wildman–Crippen MR) is 107 cm³/mol. The maximum atomic E-state index is 13.1. The molecule has 2 heteroatoms. The first-order valence-electron chi connectivity index (χ1n) is 8.94. The number of hydrogen-bond donors (Lipinski definition) is 1. The first-order valence-corrected chi connectivity index (χ1v) is 8.94. The van der Waals surface area contributed by atoms with Crippen LogP contribution in [-0.2, 0) is 0 Å². The van der Waals surface area contributed by atoms with Gasteiger partial charge in [-0.1, -0.05) is 72.8 Å². The predicted octanol–water partition coefficient (Wildman–Crippen LogP) is 5.88. The number of benzene rings is 3. The summed E-state index contributed by atoms with van der Waals surface area (Å²) < 4.78 is 0. The van der Waals surface area contributed by atoms with Gasteiger partial charge in [0.05, 0.1) is 0 Å². The smallest absolute Gasteiger partial charge is 0.164 e. The number of aromatic amines is 1. The number of rotatable bonds is 5. The summed E-state index contributed by atoms with van der Waals surface area (Å²) in [5.74, 6) is 0.210. The van der Waals surface area contributed by atoms with Crippen LogP contribution in [0.4, 0.5) is 0 Å². The van der Waals surface area contributed by atoms with Crippen molar-refractivity contribution >= 4 is 16.7 Å². The second kappa shape index (κ2) is 7.01. The van der Waals surface area contributed by atoms with Crippen LogP contribution in [0.25, 0.3) is 10.9 Å². The number of aromatic nitrogens is 1. The molecular formula is C24H21NO. The number of carbonyl (C=O) groups excluding carboxylic acids is 1. The molecule has 0 aliphatic rings. The van der Waals surface area contributed by atoms with Crippen molar-refractivity contribution in [3.05, 3.63) is 107 Å². The molecule has 1 atom stereocenters. The van der Waals surface area contributed by atoms with Gasteiger partial charge in [-0.15, -0.1) is 0 Å². The summed E-state index contributed by atoms with van der Waals surface area (Å²) in [5.41, 5.74) is 5.29. The molecule has 1 heterocycles. The van der Waals surface area contributed by atoms with Crippen molar-refractivity contribution in [1.82, 2.24) is 4.98 Å². The topological polar surface area (TPSA) is 32.9 Å². The van der Waals surface area contributed by atoms with Crippen molar-refractivity contribution < 1.29 is 4.79 Å². The minimum atomic E-state index is 0.0273. The van der Waals surface area contributed by atoms with Gasteiger partial charge >= 0.3 is 0 Å². The Labute approximate surface area is 153 Å². The third kappa shape index (κ3) is 3.06. The van der Waals surface area contributed by atoms with Crippen molar-refractivity contribution in [3.63, 3.8) is 0 Å². The lowest BCUT2D eigenvalue weighted by Gasteiger charge is -2.17. The number of Topliss-reactive ketones (excluding diaryl/α,β-unsaturated/α-hetero) is 1. The van der Waals surface area contributed by atoms with E-state index in [4.69, 9.17) is 0 Å². The molecule has 1 N–H and O–H groups in total. The van der Waals surface area contributed by atoms with Crippen LogP contribution >= 0.6 is 0 Å². The van der Waals surface area contributed by atoms with Crippen LogP contribution in [0.3, 0.4) is 0 Å². The van der Waals surface area contributed by atoms with Gasteiger partial charge in [-0.25, -0.2) is 0 Å². The van der Waals surface area contributed by atoms with Gasteiger partial charge in [-0.2, -0.15) is 0 Å². The summed E-state index contributed by atoms with van der Waals surface area (Å²) in [4.78, 5) is 16.4. The minimum Gasteiger partial charge on any atom is -0.361 e. The van der Waals surface area contributed by atoms with Gasteiger partial charge in [-0.05, 0) is 29.7 Å². The molecular weight excluding hydrogens is 318 g/mol. The summed E-state index contributed by atoms with van der Waals surface area (Å²) in [6, 6.07) is 26.4. The van der Waals surface area contributed by atoms with Crippen LogP contribution in [0.15, 0.2) is 85.1 Å². The molecule has 4 rings (SSSR count). The molecule has 0 radical (unpaired) electrons. The summed E-state index contributed by atoms with van der Waals surface area (Å²) in [5, 5.41) is 1.18. The van der Waals surface area contributed by atoms with E-state index in [2.05, 4.69) is 29.2 Å². The van der Waals surface area contributed by atoms with Crippen LogP contribution in [0.2, 0.25) is 0 Å². The standard InChI is InChI=1S/C24H21NO/c1-17-9-5-6-12-19(17)24(26)15-21(18-10-3-2-4-11-18)22-16-25-23-14-8-7-13-20(22)23/h2-14,16,21,25H,15H2,1H3. The maximum absolute atomic E-state index is 13.1. The Bertz CT molecular complexity index is 1050. The van der Waals surface area contributed by atoms with Crippen molar-refractivity contribution in [2.75, 3.05) is 0 Å². The Morgan fingerprint density at radius 2 is 1.58 bits per heavy atom. The first kappa shape index (κ1) is 16.3. The summed E-state index contributed by atoms with van der Waals surface area (Å²) in [6.45, 7) is 2.00. The van der Waals surface area contributed by atoms with E-state index in [0.717, 1.165) is 16.6 Å². The monoisotopic (exact) mass is 339 g/mol. The van der Waals surface area contributed by atoms with E-state index < -0.39 is 0 Å².